The number of nitro benzene ring substituents is 1. The molecule has 0 aliphatic heterocycles. The summed E-state index contributed by atoms with van der Waals surface area (Å²) in [6, 6.07) is 4.89. The normalized spacial score (nSPS) is 12.5. The molecule has 0 amide bonds. The summed E-state index contributed by atoms with van der Waals surface area (Å²) in [5, 5.41) is 10.7. The molecule has 0 radical (unpaired) electrons. The van der Waals surface area contributed by atoms with Gasteiger partial charge in [-0.15, -0.1) is 0 Å². The molecule has 4 heteroatoms. The van der Waals surface area contributed by atoms with E-state index in [0.29, 0.717) is 12.0 Å². The predicted molar refractivity (Wildman–Crippen MR) is 55.1 cm³/mol. The Kier molecular flexibility index (Phi) is 3.19. The Morgan fingerprint density at radius 1 is 1.57 bits per heavy atom. The van der Waals surface area contributed by atoms with Crippen LogP contribution in [0.1, 0.15) is 30.5 Å². The van der Waals surface area contributed by atoms with Crippen molar-refractivity contribution >= 4 is 5.69 Å². The van der Waals surface area contributed by atoms with Crippen LogP contribution in [-0.4, -0.2) is 4.92 Å². The molecule has 1 rings (SSSR count). The molecule has 0 saturated carbocycles. The first-order chi connectivity index (χ1) is 6.56. The first-order valence-corrected chi connectivity index (χ1v) is 4.56. The van der Waals surface area contributed by atoms with Gasteiger partial charge in [-0.2, -0.15) is 0 Å². The van der Waals surface area contributed by atoms with Gasteiger partial charge in [0.15, 0.2) is 0 Å². The molecule has 76 valence electrons. The number of nitrogens with two attached hydrogens (primary N) is 1. The molecule has 2 N–H and O–H groups in total. The molecule has 1 aromatic rings. The number of nitrogens with zero attached hydrogens (tertiary/aromatic N) is 1. The van der Waals surface area contributed by atoms with Gasteiger partial charge >= 0.3 is 0 Å². The SMILES string of the molecule is CCC(N)c1ccc(C)cc1[N+](=O)[O-]. The van der Waals surface area contributed by atoms with E-state index in [1.165, 1.54) is 0 Å². The van der Waals surface area contributed by atoms with E-state index < -0.39 is 0 Å². The quantitative estimate of drug-likeness (QED) is 0.593. The third-order valence-electron chi connectivity index (χ3n) is 2.22. The maximum Gasteiger partial charge on any atom is 0.274 e. The topological polar surface area (TPSA) is 69.2 Å². The van der Waals surface area contributed by atoms with Crippen LogP contribution in [0.4, 0.5) is 5.69 Å². The molecule has 4 nitrogen and oxygen atoms in total. The van der Waals surface area contributed by atoms with Crippen LogP contribution < -0.4 is 5.73 Å². The van der Waals surface area contributed by atoms with E-state index >= 15 is 0 Å². The van der Waals surface area contributed by atoms with Crippen molar-refractivity contribution in [2.24, 2.45) is 5.73 Å². The number of nitro groups is 1. The van der Waals surface area contributed by atoms with Crippen molar-refractivity contribution in [3.8, 4) is 0 Å². The summed E-state index contributed by atoms with van der Waals surface area (Å²) in [6.07, 6.45) is 0.698. The molecule has 0 fully saturated rings. The molecule has 0 aliphatic carbocycles. The molecule has 0 aromatic heterocycles. The second-order valence-electron chi connectivity index (χ2n) is 3.33. The largest absolute Gasteiger partial charge is 0.324 e. The molecule has 1 unspecified atom stereocenters. The average Bonchev–Trinajstić information content (AvgIpc) is 2.16. The van der Waals surface area contributed by atoms with Crippen LogP contribution in [0.15, 0.2) is 18.2 Å². The zero-order valence-corrected chi connectivity index (χ0v) is 8.36. The third kappa shape index (κ3) is 2.09. The van der Waals surface area contributed by atoms with Crippen LogP contribution in [0.25, 0.3) is 0 Å². The number of benzene rings is 1. The number of aryl methyl sites for hydroxylation is 1. The molecule has 1 aromatic carbocycles. The van der Waals surface area contributed by atoms with Crippen LogP contribution in [0.3, 0.4) is 0 Å². The van der Waals surface area contributed by atoms with Crippen molar-refractivity contribution in [1.29, 1.82) is 0 Å². The van der Waals surface area contributed by atoms with Crippen molar-refractivity contribution in [3.63, 3.8) is 0 Å². The van der Waals surface area contributed by atoms with Crippen molar-refractivity contribution in [1.82, 2.24) is 0 Å². The molecule has 0 bridgehead atoms. The maximum atomic E-state index is 10.7. The van der Waals surface area contributed by atoms with E-state index in [0.717, 1.165) is 5.56 Å². The van der Waals surface area contributed by atoms with Gasteiger partial charge in [0, 0.05) is 17.7 Å². The zero-order valence-electron chi connectivity index (χ0n) is 8.36. The summed E-state index contributed by atoms with van der Waals surface area (Å²) < 4.78 is 0. The average molecular weight is 194 g/mol. The highest BCUT2D eigenvalue weighted by atomic mass is 16.6. The van der Waals surface area contributed by atoms with Gasteiger partial charge in [-0.3, -0.25) is 10.1 Å². The lowest BCUT2D eigenvalue weighted by Crippen LogP contribution is -2.11. The van der Waals surface area contributed by atoms with Crippen molar-refractivity contribution < 1.29 is 4.92 Å². The summed E-state index contributed by atoms with van der Waals surface area (Å²) in [4.78, 5) is 10.4. The molecule has 0 saturated heterocycles. The Bertz CT molecular complexity index is 350. The summed E-state index contributed by atoms with van der Waals surface area (Å²) in [5.74, 6) is 0. The highest BCUT2D eigenvalue weighted by Gasteiger charge is 2.17. The fraction of sp³-hybridized carbons (Fsp3) is 0.400. The van der Waals surface area contributed by atoms with E-state index in [2.05, 4.69) is 0 Å². The molecule has 0 spiro atoms. The van der Waals surface area contributed by atoms with Gasteiger partial charge in [-0.05, 0) is 18.9 Å². The predicted octanol–water partition coefficient (Wildman–Crippen LogP) is 2.31. The summed E-state index contributed by atoms with van der Waals surface area (Å²) >= 11 is 0. The van der Waals surface area contributed by atoms with Crippen LogP contribution >= 0.6 is 0 Å². The van der Waals surface area contributed by atoms with Crippen molar-refractivity contribution in [2.75, 3.05) is 0 Å². The smallest absolute Gasteiger partial charge is 0.274 e. The van der Waals surface area contributed by atoms with Gasteiger partial charge < -0.3 is 5.73 Å². The van der Waals surface area contributed by atoms with E-state index in [9.17, 15) is 10.1 Å². The van der Waals surface area contributed by atoms with Gasteiger partial charge in [0.05, 0.1) is 4.92 Å². The highest BCUT2D eigenvalue weighted by Crippen LogP contribution is 2.26. The van der Waals surface area contributed by atoms with Crippen molar-refractivity contribution in [3.05, 3.63) is 39.4 Å². The van der Waals surface area contributed by atoms with Gasteiger partial charge in [-0.25, -0.2) is 0 Å². The molecular weight excluding hydrogens is 180 g/mol. The fourth-order valence-corrected chi connectivity index (χ4v) is 1.35. The zero-order chi connectivity index (χ0) is 10.7. The summed E-state index contributed by atoms with van der Waals surface area (Å²) in [7, 11) is 0. The standard InChI is InChI=1S/C10H14N2O2/c1-3-9(11)8-5-4-7(2)6-10(8)12(13)14/h4-6,9H,3,11H2,1-2H3. The monoisotopic (exact) mass is 194 g/mol. The Balaban J connectivity index is 3.21. The molecule has 14 heavy (non-hydrogen) atoms. The highest BCUT2D eigenvalue weighted by molar-refractivity contribution is 5.44. The van der Waals surface area contributed by atoms with E-state index in [-0.39, 0.29) is 16.7 Å². The second-order valence-corrected chi connectivity index (χ2v) is 3.33. The minimum Gasteiger partial charge on any atom is -0.324 e. The Hall–Kier alpha value is -1.42. The maximum absolute atomic E-state index is 10.7. The van der Waals surface area contributed by atoms with Gasteiger partial charge in [0.25, 0.3) is 5.69 Å². The minimum atomic E-state index is -0.377. The van der Waals surface area contributed by atoms with E-state index in [1.807, 2.05) is 19.9 Å². The van der Waals surface area contributed by atoms with Crippen LogP contribution in [0.2, 0.25) is 0 Å². The summed E-state index contributed by atoms with van der Waals surface area (Å²) in [5.41, 5.74) is 7.40. The van der Waals surface area contributed by atoms with Crippen LogP contribution in [0, 0.1) is 17.0 Å². The van der Waals surface area contributed by atoms with E-state index in [1.54, 1.807) is 12.1 Å². The number of hydrogen-bond donors (Lipinski definition) is 1. The first kappa shape index (κ1) is 10.7. The Labute approximate surface area is 82.9 Å². The van der Waals surface area contributed by atoms with Gasteiger partial charge in [-0.1, -0.05) is 19.1 Å². The van der Waals surface area contributed by atoms with Crippen LogP contribution in [-0.2, 0) is 0 Å². The molecule has 0 aliphatic rings. The number of rotatable bonds is 3. The molecular formula is C10H14N2O2. The molecule has 1 atom stereocenters. The van der Waals surface area contributed by atoms with Crippen molar-refractivity contribution in [2.45, 2.75) is 26.3 Å². The third-order valence-corrected chi connectivity index (χ3v) is 2.22. The Morgan fingerprint density at radius 2 is 2.21 bits per heavy atom. The minimum absolute atomic E-state index is 0.124. The second kappa shape index (κ2) is 4.19. The first-order valence-electron chi connectivity index (χ1n) is 4.56. The lowest BCUT2D eigenvalue weighted by atomic mass is 10.0. The van der Waals surface area contributed by atoms with Crippen LogP contribution in [0.5, 0.6) is 0 Å². The molecule has 0 heterocycles. The van der Waals surface area contributed by atoms with Gasteiger partial charge in [0.2, 0.25) is 0 Å². The number of hydrogen-bond acceptors (Lipinski definition) is 3. The summed E-state index contributed by atoms with van der Waals surface area (Å²) in [6.45, 7) is 3.74. The van der Waals surface area contributed by atoms with E-state index in [4.69, 9.17) is 5.73 Å². The van der Waals surface area contributed by atoms with Gasteiger partial charge in [0.1, 0.15) is 0 Å². The fourth-order valence-electron chi connectivity index (χ4n) is 1.35. The lowest BCUT2D eigenvalue weighted by molar-refractivity contribution is -0.385. The Morgan fingerprint density at radius 3 is 2.71 bits per heavy atom. The lowest BCUT2D eigenvalue weighted by Gasteiger charge is -2.09.